The van der Waals surface area contributed by atoms with Gasteiger partial charge < -0.3 is 4.90 Å². The normalized spacial score (nSPS) is 17.0. The first-order valence-electron chi connectivity index (χ1n) is 9.50. The monoisotopic (exact) mass is 362 g/mol. The Morgan fingerprint density at radius 2 is 1.33 bits per heavy atom. The third kappa shape index (κ3) is 3.37. The molecule has 2 heterocycles. The standard InChI is InChI=1S/C22H22N2O3/c25-20(23-13-5-1-2-6-14-23)15-16-9-11-17(12-10-16)24-21(26)18-7-3-4-8-19(18)22(24)27/h3-4,7-12H,1-2,5-6,13-15H2. The van der Waals surface area contributed by atoms with Crippen molar-refractivity contribution in [1.29, 1.82) is 0 Å². The number of amides is 3. The highest BCUT2D eigenvalue weighted by Crippen LogP contribution is 2.28. The first kappa shape index (κ1) is 17.5. The minimum absolute atomic E-state index is 0.144. The molecule has 0 radical (unpaired) electrons. The third-order valence-corrected chi connectivity index (χ3v) is 5.30. The molecule has 0 spiro atoms. The minimum Gasteiger partial charge on any atom is -0.342 e. The van der Waals surface area contributed by atoms with Crippen LogP contribution in [-0.2, 0) is 11.2 Å². The van der Waals surface area contributed by atoms with Crippen LogP contribution in [0.3, 0.4) is 0 Å². The van der Waals surface area contributed by atoms with Gasteiger partial charge >= 0.3 is 0 Å². The van der Waals surface area contributed by atoms with Crippen molar-refractivity contribution in [2.45, 2.75) is 32.1 Å². The van der Waals surface area contributed by atoms with E-state index in [4.69, 9.17) is 0 Å². The molecule has 1 saturated heterocycles. The Morgan fingerprint density at radius 3 is 1.89 bits per heavy atom. The molecular weight excluding hydrogens is 340 g/mol. The van der Waals surface area contributed by atoms with Gasteiger partial charge in [-0.25, -0.2) is 4.90 Å². The molecule has 0 N–H and O–H groups in total. The molecule has 2 aliphatic heterocycles. The lowest BCUT2D eigenvalue weighted by molar-refractivity contribution is -0.130. The van der Waals surface area contributed by atoms with E-state index in [0.717, 1.165) is 31.5 Å². The smallest absolute Gasteiger partial charge is 0.266 e. The molecule has 0 unspecified atom stereocenters. The van der Waals surface area contributed by atoms with E-state index in [1.807, 2.05) is 17.0 Å². The Bertz CT molecular complexity index is 846. The van der Waals surface area contributed by atoms with Gasteiger partial charge in [0.25, 0.3) is 11.8 Å². The highest BCUT2D eigenvalue weighted by Gasteiger charge is 2.36. The summed E-state index contributed by atoms with van der Waals surface area (Å²) in [5.41, 5.74) is 2.29. The summed E-state index contributed by atoms with van der Waals surface area (Å²) in [6.45, 7) is 1.68. The molecule has 4 rings (SSSR count). The Kier molecular flexibility index (Phi) is 4.75. The van der Waals surface area contributed by atoms with Gasteiger partial charge in [-0.1, -0.05) is 37.1 Å². The van der Waals surface area contributed by atoms with Crippen molar-refractivity contribution in [2.24, 2.45) is 0 Å². The summed E-state index contributed by atoms with van der Waals surface area (Å²) in [5.74, 6) is -0.460. The summed E-state index contributed by atoms with van der Waals surface area (Å²) in [7, 11) is 0. The molecule has 0 saturated carbocycles. The summed E-state index contributed by atoms with van der Waals surface area (Å²) >= 11 is 0. The van der Waals surface area contributed by atoms with Crippen molar-refractivity contribution in [1.82, 2.24) is 4.90 Å². The molecule has 5 nitrogen and oxygen atoms in total. The first-order chi connectivity index (χ1) is 13.1. The molecule has 2 aromatic carbocycles. The van der Waals surface area contributed by atoms with Crippen LogP contribution in [0.5, 0.6) is 0 Å². The van der Waals surface area contributed by atoms with Gasteiger partial charge in [0, 0.05) is 13.1 Å². The highest BCUT2D eigenvalue weighted by atomic mass is 16.2. The van der Waals surface area contributed by atoms with Crippen molar-refractivity contribution in [3.05, 3.63) is 65.2 Å². The molecule has 0 atom stereocenters. The number of likely N-dealkylation sites (tertiary alicyclic amines) is 1. The number of anilines is 1. The second kappa shape index (κ2) is 7.35. The number of hydrogen-bond donors (Lipinski definition) is 0. The quantitative estimate of drug-likeness (QED) is 0.786. The van der Waals surface area contributed by atoms with Crippen LogP contribution >= 0.6 is 0 Å². The van der Waals surface area contributed by atoms with Crippen molar-refractivity contribution in [2.75, 3.05) is 18.0 Å². The van der Waals surface area contributed by atoms with E-state index in [9.17, 15) is 14.4 Å². The number of benzene rings is 2. The van der Waals surface area contributed by atoms with Crippen LogP contribution in [0.2, 0.25) is 0 Å². The number of rotatable bonds is 3. The van der Waals surface area contributed by atoms with Crippen LogP contribution < -0.4 is 4.90 Å². The molecule has 3 amide bonds. The summed E-state index contributed by atoms with van der Waals surface area (Å²) in [6.07, 6.45) is 4.88. The molecular formula is C22H22N2O3. The number of carbonyl (C=O) groups is 3. The number of fused-ring (bicyclic) bond motifs is 1. The van der Waals surface area contributed by atoms with Gasteiger partial charge in [0.05, 0.1) is 23.2 Å². The molecule has 27 heavy (non-hydrogen) atoms. The van der Waals surface area contributed by atoms with E-state index >= 15 is 0 Å². The molecule has 2 aromatic rings. The number of nitrogens with zero attached hydrogens (tertiary/aromatic N) is 2. The number of hydrogen-bond acceptors (Lipinski definition) is 3. The van der Waals surface area contributed by atoms with Gasteiger partial charge in [0.15, 0.2) is 0 Å². The number of carbonyl (C=O) groups excluding carboxylic acids is 3. The fourth-order valence-corrected chi connectivity index (χ4v) is 3.79. The second-order valence-corrected chi connectivity index (χ2v) is 7.13. The lowest BCUT2D eigenvalue weighted by atomic mass is 10.1. The largest absolute Gasteiger partial charge is 0.342 e. The van der Waals surface area contributed by atoms with Crippen molar-refractivity contribution < 1.29 is 14.4 Å². The maximum absolute atomic E-state index is 12.6. The molecule has 5 heteroatoms. The van der Waals surface area contributed by atoms with Gasteiger partial charge in [0.1, 0.15) is 0 Å². The molecule has 2 aliphatic rings. The molecule has 0 aliphatic carbocycles. The van der Waals surface area contributed by atoms with Crippen molar-refractivity contribution in [3.63, 3.8) is 0 Å². The summed E-state index contributed by atoms with van der Waals surface area (Å²) < 4.78 is 0. The topological polar surface area (TPSA) is 57.7 Å². The maximum atomic E-state index is 12.6. The third-order valence-electron chi connectivity index (χ3n) is 5.30. The SMILES string of the molecule is O=C(Cc1ccc(N2C(=O)c3ccccc3C2=O)cc1)N1CCCCCC1. The van der Waals surface area contributed by atoms with Crippen molar-refractivity contribution >= 4 is 23.4 Å². The zero-order chi connectivity index (χ0) is 18.8. The van der Waals surface area contributed by atoms with Gasteiger partial charge in [-0.2, -0.15) is 0 Å². The minimum atomic E-state index is -0.302. The van der Waals surface area contributed by atoms with E-state index in [2.05, 4.69) is 0 Å². The lowest BCUT2D eigenvalue weighted by Crippen LogP contribution is -2.33. The summed E-state index contributed by atoms with van der Waals surface area (Å²) in [4.78, 5) is 40.8. The van der Waals surface area contributed by atoms with Crippen LogP contribution in [0, 0.1) is 0 Å². The predicted octanol–water partition coefficient (Wildman–Crippen LogP) is 3.43. The molecule has 0 aromatic heterocycles. The molecule has 1 fully saturated rings. The van der Waals surface area contributed by atoms with E-state index in [1.165, 1.54) is 17.7 Å². The average molecular weight is 362 g/mol. The van der Waals surface area contributed by atoms with Gasteiger partial charge in [-0.05, 0) is 42.7 Å². The van der Waals surface area contributed by atoms with Gasteiger partial charge in [0.2, 0.25) is 5.91 Å². The van der Waals surface area contributed by atoms with E-state index < -0.39 is 0 Å². The van der Waals surface area contributed by atoms with Crippen LogP contribution in [0.4, 0.5) is 5.69 Å². The second-order valence-electron chi connectivity index (χ2n) is 7.13. The Hall–Kier alpha value is -2.95. The maximum Gasteiger partial charge on any atom is 0.266 e. The van der Waals surface area contributed by atoms with Crippen LogP contribution in [-0.4, -0.2) is 35.7 Å². The Labute approximate surface area is 158 Å². The predicted molar refractivity (Wildman–Crippen MR) is 103 cm³/mol. The molecule has 0 bridgehead atoms. The van der Waals surface area contributed by atoms with Crippen LogP contribution in [0.15, 0.2) is 48.5 Å². The summed E-state index contributed by atoms with van der Waals surface area (Å²) in [6, 6.07) is 14.0. The first-order valence-corrected chi connectivity index (χ1v) is 9.50. The van der Waals surface area contributed by atoms with Crippen LogP contribution in [0.1, 0.15) is 52.0 Å². The van der Waals surface area contributed by atoms with Gasteiger partial charge in [-0.15, -0.1) is 0 Å². The van der Waals surface area contributed by atoms with Crippen LogP contribution in [0.25, 0.3) is 0 Å². The van der Waals surface area contributed by atoms with E-state index in [0.29, 0.717) is 23.2 Å². The fraction of sp³-hybridized carbons (Fsp3) is 0.318. The highest BCUT2D eigenvalue weighted by molar-refractivity contribution is 6.34. The van der Waals surface area contributed by atoms with E-state index in [1.54, 1.807) is 36.4 Å². The van der Waals surface area contributed by atoms with Crippen molar-refractivity contribution in [3.8, 4) is 0 Å². The Morgan fingerprint density at radius 1 is 0.778 bits per heavy atom. The number of imide groups is 1. The summed E-state index contributed by atoms with van der Waals surface area (Å²) in [5, 5.41) is 0. The average Bonchev–Trinajstić information content (AvgIpc) is 2.88. The zero-order valence-corrected chi connectivity index (χ0v) is 15.2. The van der Waals surface area contributed by atoms with E-state index in [-0.39, 0.29) is 17.7 Å². The Balaban J connectivity index is 1.47. The fourth-order valence-electron chi connectivity index (χ4n) is 3.79. The lowest BCUT2D eigenvalue weighted by Gasteiger charge is -2.20. The molecule has 138 valence electrons. The van der Waals surface area contributed by atoms with Gasteiger partial charge in [-0.3, -0.25) is 14.4 Å². The zero-order valence-electron chi connectivity index (χ0n) is 15.2.